The summed E-state index contributed by atoms with van der Waals surface area (Å²) in [5, 5.41) is 8.46. The fourth-order valence-electron chi connectivity index (χ4n) is 3.45. The number of rotatable bonds is 7. The Morgan fingerprint density at radius 1 is 1.06 bits per heavy atom. The van der Waals surface area contributed by atoms with E-state index in [0.29, 0.717) is 18.0 Å². The number of aryl methyl sites for hydroxylation is 1. The second-order valence-electron chi connectivity index (χ2n) is 7.31. The van der Waals surface area contributed by atoms with E-state index >= 15 is 0 Å². The third-order valence-corrected chi connectivity index (χ3v) is 5.77. The molecule has 162 valence electrons. The zero-order valence-corrected chi connectivity index (χ0v) is 18.5. The van der Waals surface area contributed by atoms with Gasteiger partial charge in [-0.05, 0) is 60.3 Å². The second kappa shape index (κ2) is 9.57. The number of nitrogens with zero attached hydrogens (tertiary/aromatic N) is 3. The fraction of sp³-hybridized carbons (Fsp3) is 0.167. The minimum atomic E-state index is -1.02. The smallest absolute Gasteiger partial charge is 0.280 e. The van der Waals surface area contributed by atoms with Crippen molar-refractivity contribution >= 4 is 29.0 Å². The number of amides is 2. The zero-order valence-electron chi connectivity index (χ0n) is 17.7. The minimum absolute atomic E-state index is 0.170. The maximum absolute atomic E-state index is 13.6. The van der Waals surface area contributed by atoms with Crippen molar-refractivity contribution in [1.82, 2.24) is 14.9 Å². The van der Waals surface area contributed by atoms with Crippen molar-refractivity contribution in [1.29, 1.82) is 0 Å². The first-order valence-electron chi connectivity index (χ1n) is 10.1. The Balaban J connectivity index is 1.77. The van der Waals surface area contributed by atoms with E-state index in [0.717, 1.165) is 28.2 Å². The molecule has 2 aromatic heterocycles. The number of hydrogen-bond acceptors (Lipinski definition) is 6. The molecule has 2 amide bonds. The van der Waals surface area contributed by atoms with Crippen LogP contribution in [0.5, 0.6) is 0 Å². The van der Waals surface area contributed by atoms with Crippen molar-refractivity contribution in [2.45, 2.75) is 26.4 Å². The lowest BCUT2D eigenvalue weighted by atomic mass is 10.0. The van der Waals surface area contributed by atoms with Crippen LogP contribution in [0.15, 0.2) is 76.7 Å². The molecule has 4 aromatic rings. The number of benzene rings is 2. The number of anilines is 1. The Kier molecular flexibility index (Phi) is 6.42. The standard InChI is InChI=1S/C24H22N4O3S/c1-16-8-6-11-20(17(16)2)28(24(30)19-15-32-27-26-19)22(21-12-7-13-31-21)23(29)25-14-18-9-4-3-5-10-18/h3-13,15,22H,14H2,1-2H3,(H,25,29)/t22-/m0/s1. The predicted octanol–water partition coefficient (Wildman–Crippen LogP) is 4.45. The summed E-state index contributed by atoms with van der Waals surface area (Å²) in [6.45, 7) is 4.21. The molecule has 0 aliphatic rings. The van der Waals surface area contributed by atoms with Crippen molar-refractivity contribution in [3.8, 4) is 0 Å². The molecule has 0 saturated carbocycles. The molecule has 0 fully saturated rings. The van der Waals surface area contributed by atoms with Gasteiger partial charge in [-0.3, -0.25) is 14.5 Å². The van der Waals surface area contributed by atoms with Gasteiger partial charge in [-0.25, -0.2) is 0 Å². The van der Waals surface area contributed by atoms with Gasteiger partial charge >= 0.3 is 0 Å². The molecule has 7 nitrogen and oxygen atoms in total. The van der Waals surface area contributed by atoms with Crippen molar-refractivity contribution < 1.29 is 14.0 Å². The fourth-order valence-corrected chi connectivity index (χ4v) is 3.88. The van der Waals surface area contributed by atoms with Gasteiger partial charge in [-0.2, -0.15) is 0 Å². The number of nitrogens with one attached hydrogen (secondary N) is 1. The van der Waals surface area contributed by atoms with Crippen LogP contribution < -0.4 is 10.2 Å². The molecule has 4 rings (SSSR count). The van der Waals surface area contributed by atoms with Crippen LogP contribution in [0.1, 0.15) is 39.0 Å². The number of carbonyl (C=O) groups is 2. The van der Waals surface area contributed by atoms with Crippen molar-refractivity contribution in [2.24, 2.45) is 0 Å². The Bertz CT molecular complexity index is 1190. The Morgan fingerprint density at radius 2 is 1.88 bits per heavy atom. The normalized spacial score (nSPS) is 11.7. The summed E-state index contributed by atoms with van der Waals surface area (Å²) < 4.78 is 9.44. The molecule has 2 heterocycles. The van der Waals surface area contributed by atoms with Crippen molar-refractivity contribution in [2.75, 3.05) is 4.90 Å². The zero-order chi connectivity index (χ0) is 22.5. The first-order valence-corrected chi connectivity index (χ1v) is 10.9. The molecule has 0 spiro atoms. The van der Waals surface area contributed by atoms with Gasteiger partial charge in [-0.1, -0.05) is 47.0 Å². The summed E-state index contributed by atoms with van der Waals surface area (Å²) in [4.78, 5) is 28.5. The lowest BCUT2D eigenvalue weighted by molar-refractivity contribution is -0.123. The molecule has 0 unspecified atom stereocenters. The van der Waals surface area contributed by atoms with E-state index in [4.69, 9.17) is 4.42 Å². The van der Waals surface area contributed by atoms with Gasteiger partial charge in [-0.15, -0.1) is 5.10 Å². The van der Waals surface area contributed by atoms with Gasteiger partial charge in [0.15, 0.2) is 11.7 Å². The van der Waals surface area contributed by atoms with Crippen molar-refractivity contribution in [3.05, 3.63) is 100 Å². The van der Waals surface area contributed by atoms with Crippen LogP contribution >= 0.6 is 11.5 Å². The van der Waals surface area contributed by atoms with Gasteiger partial charge in [0.05, 0.1) is 6.26 Å². The van der Waals surface area contributed by atoms with Gasteiger partial charge in [0, 0.05) is 17.6 Å². The first-order chi connectivity index (χ1) is 15.6. The number of hydrogen-bond donors (Lipinski definition) is 1. The molecule has 2 aromatic carbocycles. The minimum Gasteiger partial charge on any atom is -0.467 e. The molecule has 0 saturated heterocycles. The summed E-state index contributed by atoms with van der Waals surface area (Å²) in [6.07, 6.45) is 1.49. The predicted molar refractivity (Wildman–Crippen MR) is 122 cm³/mol. The Hall–Kier alpha value is -3.78. The van der Waals surface area contributed by atoms with Crippen molar-refractivity contribution in [3.63, 3.8) is 0 Å². The molecular weight excluding hydrogens is 424 g/mol. The Morgan fingerprint density at radius 3 is 2.56 bits per heavy atom. The van der Waals surface area contributed by atoms with Gasteiger partial charge < -0.3 is 9.73 Å². The van der Waals surface area contributed by atoms with E-state index < -0.39 is 11.9 Å². The third kappa shape index (κ3) is 4.45. The summed E-state index contributed by atoms with van der Waals surface area (Å²) in [5.41, 5.74) is 3.62. The number of aromatic nitrogens is 2. The van der Waals surface area contributed by atoms with E-state index in [1.807, 2.05) is 62.4 Å². The van der Waals surface area contributed by atoms with E-state index in [9.17, 15) is 9.59 Å². The molecule has 0 aliphatic heterocycles. The highest BCUT2D eigenvalue weighted by Crippen LogP contribution is 2.33. The SMILES string of the molecule is Cc1cccc(N(C(=O)c2csnn2)[C@H](C(=O)NCc2ccccc2)c2ccco2)c1C. The van der Waals surface area contributed by atoms with Gasteiger partial charge in [0.2, 0.25) is 0 Å². The molecule has 32 heavy (non-hydrogen) atoms. The van der Waals surface area contributed by atoms with Crippen LogP contribution in [0.3, 0.4) is 0 Å². The maximum Gasteiger partial charge on any atom is 0.280 e. The van der Waals surface area contributed by atoms with Crippen LogP contribution in [0.4, 0.5) is 5.69 Å². The van der Waals surface area contributed by atoms with Crippen LogP contribution in [-0.2, 0) is 11.3 Å². The number of carbonyl (C=O) groups excluding carboxylic acids is 2. The van der Waals surface area contributed by atoms with Crippen LogP contribution in [0.2, 0.25) is 0 Å². The maximum atomic E-state index is 13.6. The Labute approximate surface area is 189 Å². The molecule has 8 heteroatoms. The quantitative estimate of drug-likeness (QED) is 0.453. The summed E-state index contributed by atoms with van der Waals surface area (Å²) in [5.74, 6) is -0.432. The van der Waals surface area contributed by atoms with Gasteiger partial charge in [0.25, 0.3) is 11.8 Å². The first kappa shape index (κ1) is 21.5. The van der Waals surface area contributed by atoms with E-state index in [1.165, 1.54) is 11.2 Å². The highest BCUT2D eigenvalue weighted by molar-refractivity contribution is 7.03. The van der Waals surface area contributed by atoms with Crippen LogP contribution in [0, 0.1) is 13.8 Å². The summed E-state index contributed by atoms with van der Waals surface area (Å²) >= 11 is 1.08. The van der Waals surface area contributed by atoms with E-state index in [2.05, 4.69) is 14.9 Å². The monoisotopic (exact) mass is 446 g/mol. The largest absolute Gasteiger partial charge is 0.467 e. The van der Waals surface area contributed by atoms with E-state index in [-0.39, 0.29) is 11.6 Å². The second-order valence-corrected chi connectivity index (χ2v) is 7.92. The molecule has 0 bridgehead atoms. The highest BCUT2D eigenvalue weighted by Gasteiger charge is 2.37. The molecule has 0 radical (unpaired) electrons. The molecule has 0 aliphatic carbocycles. The highest BCUT2D eigenvalue weighted by atomic mass is 32.1. The van der Waals surface area contributed by atoms with Crippen LogP contribution in [-0.4, -0.2) is 21.4 Å². The van der Waals surface area contributed by atoms with Crippen LogP contribution in [0.25, 0.3) is 0 Å². The van der Waals surface area contributed by atoms with Gasteiger partial charge in [0.1, 0.15) is 5.76 Å². The summed E-state index contributed by atoms with van der Waals surface area (Å²) in [7, 11) is 0. The molecular formula is C24H22N4O3S. The third-order valence-electron chi connectivity index (χ3n) is 5.26. The average Bonchev–Trinajstić information content (AvgIpc) is 3.53. The topological polar surface area (TPSA) is 88.3 Å². The number of furan rings is 1. The van der Waals surface area contributed by atoms with E-state index in [1.54, 1.807) is 17.5 Å². The summed E-state index contributed by atoms with van der Waals surface area (Å²) in [6, 6.07) is 17.6. The lowest BCUT2D eigenvalue weighted by Crippen LogP contribution is -2.44. The average molecular weight is 447 g/mol. The molecule has 1 atom stereocenters. The lowest BCUT2D eigenvalue weighted by Gasteiger charge is -2.31. The molecule has 1 N–H and O–H groups in total.